The number of primary amides is 1. The highest BCUT2D eigenvalue weighted by Gasteiger charge is 2.34. The van der Waals surface area contributed by atoms with Gasteiger partial charge < -0.3 is 20.3 Å². The Balaban J connectivity index is 2.00. The molecule has 2 N–H and O–H groups in total. The third-order valence-corrected chi connectivity index (χ3v) is 3.76. The maximum atomic E-state index is 12.4. The van der Waals surface area contributed by atoms with Gasteiger partial charge in [-0.15, -0.1) is 0 Å². The molecule has 0 aromatic rings. The predicted molar refractivity (Wildman–Crippen MR) is 65.9 cm³/mol. The van der Waals surface area contributed by atoms with E-state index in [1.807, 2.05) is 4.90 Å². The lowest BCUT2D eigenvalue weighted by molar-refractivity contribution is -0.127. The number of hydrogen-bond donors (Lipinski definition) is 1. The molecule has 2 aliphatic heterocycles. The highest BCUT2D eigenvalue weighted by Crippen LogP contribution is 2.19. The van der Waals surface area contributed by atoms with Crippen molar-refractivity contribution >= 4 is 11.9 Å². The summed E-state index contributed by atoms with van der Waals surface area (Å²) in [6.45, 7) is 4.86. The summed E-state index contributed by atoms with van der Waals surface area (Å²) >= 11 is 0. The maximum absolute atomic E-state index is 12.4. The first-order valence-electron chi connectivity index (χ1n) is 6.52. The SMILES string of the molecule is CC1CCN(C(=O)N2CCOCC2C(N)=O)CC1. The lowest BCUT2D eigenvalue weighted by atomic mass is 9.99. The minimum atomic E-state index is -0.620. The number of likely N-dealkylation sites (tertiary alicyclic amines) is 1. The van der Waals surface area contributed by atoms with Crippen molar-refractivity contribution in [1.29, 1.82) is 0 Å². The second-order valence-electron chi connectivity index (χ2n) is 5.14. The number of rotatable bonds is 1. The fourth-order valence-electron chi connectivity index (χ4n) is 2.45. The number of piperidine rings is 1. The van der Waals surface area contributed by atoms with Gasteiger partial charge in [-0.25, -0.2) is 4.79 Å². The van der Waals surface area contributed by atoms with Crippen LogP contribution < -0.4 is 5.73 Å². The van der Waals surface area contributed by atoms with E-state index < -0.39 is 11.9 Å². The van der Waals surface area contributed by atoms with Crippen molar-refractivity contribution in [3.8, 4) is 0 Å². The third-order valence-electron chi connectivity index (χ3n) is 3.76. The summed E-state index contributed by atoms with van der Waals surface area (Å²) < 4.78 is 5.21. The van der Waals surface area contributed by atoms with Gasteiger partial charge in [0.15, 0.2) is 0 Å². The third kappa shape index (κ3) is 2.75. The van der Waals surface area contributed by atoms with Gasteiger partial charge in [0, 0.05) is 19.6 Å². The van der Waals surface area contributed by atoms with Crippen LogP contribution in [0.25, 0.3) is 0 Å². The number of nitrogens with zero attached hydrogens (tertiary/aromatic N) is 2. The molecule has 102 valence electrons. The molecule has 6 heteroatoms. The number of nitrogens with two attached hydrogens (primary N) is 1. The van der Waals surface area contributed by atoms with Gasteiger partial charge in [0.25, 0.3) is 0 Å². The molecule has 0 aromatic heterocycles. The summed E-state index contributed by atoms with van der Waals surface area (Å²) in [5.41, 5.74) is 5.32. The average molecular weight is 255 g/mol. The fourth-order valence-corrected chi connectivity index (χ4v) is 2.45. The quantitative estimate of drug-likeness (QED) is 0.718. The number of carbonyl (C=O) groups is 2. The molecule has 0 bridgehead atoms. The Morgan fingerprint density at radius 2 is 1.89 bits per heavy atom. The number of amides is 3. The number of urea groups is 1. The van der Waals surface area contributed by atoms with E-state index in [1.165, 1.54) is 0 Å². The molecule has 0 aliphatic carbocycles. The molecule has 1 atom stereocenters. The highest BCUT2D eigenvalue weighted by molar-refractivity contribution is 5.86. The van der Waals surface area contributed by atoms with Crippen LogP contribution in [0, 0.1) is 5.92 Å². The van der Waals surface area contributed by atoms with Crippen LogP contribution in [0.4, 0.5) is 4.79 Å². The molecule has 2 fully saturated rings. The van der Waals surface area contributed by atoms with E-state index in [4.69, 9.17) is 10.5 Å². The molecule has 2 rings (SSSR count). The molecule has 2 aliphatic rings. The summed E-state index contributed by atoms with van der Waals surface area (Å²) in [6.07, 6.45) is 2.05. The van der Waals surface area contributed by atoms with Crippen LogP contribution in [-0.2, 0) is 9.53 Å². The van der Waals surface area contributed by atoms with Crippen LogP contribution in [-0.4, -0.2) is 60.6 Å². The van der Waals surface area contributed by atoms with Gasteiger partial charge in [0.1, 0.15) is 6.04 Å². The second kappa shape index (κ2) is 5.56. The summed E-state index contributed by atoms with van der Waals surface area (Å²) in [4.78, 5) is 27.1. The van der Waals surface area contributed by atoms with Crippen LogP contribution in [0.3, 0.4) is 0 Å². The van der Waals surface area contributed by atoms with E-state index in [0.717, 1.165) is 25.9 Å². The zero-order valence-electron chi connectivity index (χ0n) is 10.8. The smallest absolute Gasteiger partial charge is 0.320 e. The summed E-state index contributed by atoms with van der Waals surface area (Å²) in [5, 5.41) is 0. The van der Waals surface area contributed by atoms with Gasteiger partial charge in [-0.3, -0.25) is 4.79 Å². The van der Waals surface area contributed by atoms with E-state index in [0.29, 0.717) is 19.1 Å². The van der Waals surface area contributed by atoms with Gasteiger partial charge in [0.2, 0.25) is 5.91 Å². The Morgan fingerprint density at radius 1 is 1.22 bits per heavy atom. The molecule has 1 unspecified atom stereocenters. The van der Waals surface area contributed by atoms with Gasteiger partial charge in [-0.05, 0) is 18.8 Å². The van der Waals surface area contributed by atoms with Crippen molar-refractivity contribution in [1.82, 2.24) is 9.80 Å². The minimum absolute atomic E-state index is 0.0750. The molecule has 18 heavy (non-hydrogen) atoms. The molecule has 2 heterocycles. The lowest BCUT2D eigenvalue weighted by Crippen LogP contribution is -2.58. The molecule has 0 saturated carbocycles. The Bertz CT molecular complexity index is 327. The molecule has 0 spiro atoms. The van der Waals surface area contributed by atoms with Crippen molar-refractivity contribution in [3.05, 3.63) is 0 Å². The van der Waals surface area contributed by atoms with E-state index in [1.54, 1.807) is 4.90 Å². The Morgan fingerprint density at radius 3 is 2.50 bits per heavy atom. The number of morpholine rings is 1. The van der Waals surface area contributed by atoms with Crippen molar-refractivity contribution in [2.45, 2.75) is 25.8 Å². The number of hydrogen-bond acceptors (Lipinski definition) is 3. The summed E-state index contributed by atoms with van der Waals surface area (Å²) in [6, 6.07) is -0.695. The maximum Gasteiger partial charge on any atom is 0.320 e. The van der Waals surface area contributed by atoms with Gasteiger partial charge in [-0.1, -0.05) is 6.92 Å². The van der Waals surface area contributed by atoms with Crippen LogP contribution >= 0.6 is 0 Å². The van der Waals surface area contributed by atoms with E-state index >= 15 is 0 Å². The van der Waals surface area contributed by atoms with Crippen LogP contribution in [0.5, 0.6) is 0 Å². The van der Waals surface area contributed by atoms with E-state index in [9.17, 15) is 9.59 Å². The zero-order valence-corrected chi connectivity index (χ0v) is 10.8. The highest BCUT2D eigenvalue weighted by atomic mass is 16.5. The molecular formula is C12H21N3O3. The first-order valence-corrected chi connectivity index (χ1v) is 6.52. The molecule has 0 radical (unpaired) electrons. The topological polar surface area (TPSA) is 75.9 Å². The Hall–Kier alpha value is -1.30. The van der Waals surface area contributed by atoms with Crippen molar-refractivity contribution in [3.63, 3.8) is 0 Å². The Labute approximate surface area is 107 Å². The van der Waals surface area contributed by atoms with Crippen molar-refractivity contribution in [2.75, 3.05) is 32.8 Å². The molecule has 3 amide bonds. The first-order chi connectivity index (χ1) is 8.59. The first kappa shape index (κ1) is 13.1. The summed E-state index contributed by atoms with van der Waals surface area (Å²) in [7, 11) is 0. The Kier molecular flexibility index (Phi) is 4.06. The molecule has 6 nitrogen and oxygen atoms in total. The minimum Gasteiger partial charge on any atom is -0.377 e. The van der Waals surface area contributed by atoms with Gasteiger partial charge in [0.05, 0.1) is 13.2 Å². The number of carbonyl (C=O) groups excluding carboxylic acids is 2. The van der Waals surface area contributed by atoms with E-state index in [-0.39, 0.29) is 12.6 Å². The number of ether oxygens (including phenoxy) is 1. The average Bonchev–Trinajstić information content (AvgIpc) is 2.39. The summed E-state index contributed by atoms with van der Waals surface area (Å²) in [5.74, 6) is 0.180. The van der Waals surface area contributed by atoms with Crippen molar-refractivity contribution in [2.24, 2.45) is 11.7 Å². The molecule has 0 aromatic carbocycles. The lowest BCUT2D eigenvalue weighted by Gasteiger charge is -2.39. The van der Waals surface area contributed by atoms with Gasteiger partial charge in [-0.2, -0.15) is 0 Å². The van der Waals surface area contributed by atoms with Crippen LogP contribution in [0.2, 0.25) is 0 Å². The van der Waals surface area contributed by atoms with Crippen LogP contribution in [0.15, 0.2) is 0 Å². The monoisotopic (exact) mass is 255 g/mol. The normalized spacial score (nSPS) is 26.2. The van der Waals surface area contributed by atoms with Crippen LogP contribution in [0.1, 0.15) is 19.8 Å². The van der Waals surface area contributed by atoms with Gasteiger partial charge >= 0.3 is 6.03 Å². The predicted octanol–water partition coefficient (Wildman–Crippen LogP) is 0.0244. The second-order valence-corrected chi connectivity index (χ2v) is 5.14. The standard InChI is InChI=1S/C12H21N3O3/c1-9-2-4-14(5-3-9)12(17)15-6-7-18-8-10(15)11(13)16/h9-10H,2-8H2,1H3,(H2,13,16). The molecule has 2 saturated heterocycles. The zero-order chi connectivity index (χ0) is 13.1. The fraction of sp³-hybridized carbons (Fsp3) is 0.833. The molecular weight excluding hydrogens is 234 g/mol. The largest absolute Gasteiger partial charge is 0.377 e. The van der Waals surface area contributed by atoms with E-state index in [2.05, 4.69) is 6.92 Å². The van der Waals surface area contributed by atoms with Crippen molar-refractivity contribution < 1.29 is 14.3 Å².